The number of benzene rings is 2. The van der Waals surface area contributed by atoms with E-state index in [1.165, 1.54) is 21.6 Å². The van der Waals surface area contributed by atoms with Crippen LogP contribution >= 0.6 is 11.3 Å². The summed E-state index contributed by atoms with van der Waals surface area (Å²) in [5.74, 6) is 0.0480. The van der Waals surface area contributed by atoms with Gasteiger partial charge >= 0.3 is 0 Å². The quantitative estimate of drug-likeness (QED) is 0.445. The molecular weight excluding hydrogens is 446 g/mol. The molecule has 1 fully saturated rings. The lowest BCUT2D eigenvalue weighted by molar-refractivity contribution is -0.132. The first-order chi connectivity index (χ1) is 16.5. The fraction of sp³-hybridized carbons (Fsp3) is 0.308. The Morgan fingerprint density at radius 3 is 2.44 bits per heavy atom. The third-order valence-electron chi connectivity index (χ3n) is 6.30. The molecule has 1 aliphatic heterocycles. The van der Waals surface area contributed by atoms with Gasteiger partial charge in [0, 0.05) is 42.5 Å². The van der Waals surface area contributed by atoms with Crippen LogP contribution in [0.15, 0.2) is 58.7 Å². The van der Waals surface area contributed by atoms with Gasteiger partial charge in [-0.2, -0.15) is 5.10 Å². The van der Waals surface area contributed by atoms with Crippen LogP contribution < -0.4 is 5.56 Å². The average molecular weight is 474 g/mol. The van der Waals surface area contributed by atoms with Crippen molar-refractivity contribution >= 4 is 28.0 Å². The van der Waals surface area contributed by atoms with Crippen molar-refractivity contribution in [1.82, 2.24) is 24.6 Å². The number of thiazole rings is 1. The molecule has 0 atom stereocenters. The number of aromatic nitrogens is 3. The predicted octanol–water partition coefficient (Wildman–Crippen LogP) is 3.19. The largest absolute Gasteiger partial charge is 0.340 e. The van der Waals surface area contributed by atoms with E-state index in [9.17, 15) is 9.59 Å². The summed E-state index contributed by atoms with van der Waals surface area (Å²) in [6.07, 6.45) is 0.178. The van der Waals surface area contributed by atoms with Crippen molar-refractivity contribution in [2.45, 2.75) is 19.9 Å². The van der Waals surface area contributed by atoms with Crippen molar-refractivity contribution in [3.05, 3.63) is 80.5 Å². The molecule has 1 aliphatic rings. The molecule has 1 saturated heterocycles. The van der Waals surface area contributed by atoms with Gasteiger partial charge in [0.1, 0.15) is 5.01 Å². The highest BCUT2D eigenvalue weighted by atomic mass is 32.1. The first-order valence-corrected chi connectivity index (χ1v) is 12.3. The number of amides is 1. The topological polar surface area (TPSA) is 71.3 Å². The predicted molar refractivity (Wildman–Crippen MR) is 135 cm³/mol. The molecule has 3 heterocycles. The molecule has 34 heavy (non-hydrogen) atoms. The number of hydrogen-bond acceptors (Lipinski definition) is 6. The Labute approximate surface area is 202 Å². The van der Waals surface area contributed by atoms with Crippen LogP contribution in [0, 0.1) is 6.92 Å². The molecule has 2 aromatic carbocycles. The van der Waals surface area contributed by atoms with Crippen LogP contribution in [-0.4, -0.2) is 63.7 Å². The maximum Gasteiger partial charge on any atom is 0.275 e. The monoisotopic (exact) mass is 473 g/mol. The number of nitrogens with zero attached hydrogens (tertiary/aromatic N) is 5. The van der Waals surface area contributed by atoms with E-state index in [2.05, 4.69) is 48.2 Å². The molecule has 0 saturated carbocycles. The van der Waals surface area contributed by atoms with Crippen molar-refractivity contribution in [2.75, 3.05) is 33.2 Å². The highest BCUT2D eigenvalue weighted by Gasteiger charge is 2.21. The van der Waals surface area contributed by atoms with Gasteiger partial charge in [0.2, 0.25) is 5.91 Å². The molecule has 0 N–H and O–H groups in total. The number of carbonyl (C=O) groups excluding carboxylic acids is 1. The van der Waals surface area contributed by atoms with Crippen LogP contribution in [0.5, 0.6) is 0 Å². The van der Waals surface area contributed by atoms with Gasteiger partial charge in [0.05, 0.1) is 29.7 Å². The molecule has 0 spiro atoms. The molecule has 7 nitrogen and oxygen atoms in total. The van der Waals surface area contributed by atoms with Crippen LogP contribution in [0.2, 0.25) is 0 Å². The third-order valence-corrected chi connectivity index (χ3v) is 7.14. The molecular formula is C26H27N5O2S. The zero-order chi connectivity index (χ0) is 23.7. The van der Waals surface area contributed by atoms with Crippen LogP contribution in [0.4, 0.5) is 0 Å². The number of piperazine rings is 1. The van der Waals surface area contributed by atoms with E-state index >= 15 is 0 Å². The van der Waals surface area contributed by atoms with E-state index in [1.807, 2.05) is 28.5 Å². The molecule has 2 aromatic heterocycles. The van der Waals surface area contributed by atoms with E-state index in [4.69, 9.17) is 4.98 Å². The van der Waals surface area contributed by atoms with Gasteiger partial charge < -0.3 is 9.80 Å². The van der Waals surface area contributed by atoms with Crippen LogP contribution in [-0.2, 0) is 17.8 Å². The molecule has 8 heteroatoms. The standard InChI is InChI=1S/C26H27N5O2S/c1-18-7-9-19(10-8-18)23-17-34-24(27-23)16-31-26(33)21-6-4-3-5-20(21)22(28-31)15-25(32)30-13-11-29(2)12-14-30/h3-10,17H,11-16H2,1-2H3. The number of rotatable bonds is 5. The smallest absolute Gasteiger partial charge is 0.275 e. The number of fused-ring (bicyclic) bond motifs is 1. The Morgan fingerprint density at radius 2 is 1.71 bits per heavy atom. The molecule has 0 bridgehead atoms. The zero-order valence-electron chi connectivity index (χ0n) is 19.4. The van der Waals surface area contributed by atoms with E-state index in [1.54, 1.807) is 6.07 Å². The summed E-state index contributed by atoms with van der Waals surface area (Å²) >= 11 is 1.51. The van der Waals surface area contributed by atoms with Crippen molar-refractivity contribution in [1.29, 1.82) is 0 Å². The Bertz CT molecular complexity index is 1380. The molecule has 0 radical (unpaired) electrons. The van der Waals surface area contributed by atoms with Crippen LogP contribution in [0.3, 0.4) is 0 Å². The van der Waals surface area contributed by atoms with Gasteiger partial charge in [-0.25, -0.2) is 9.67 Å². The molecule has 4 aromatic rings. The summed E-state index contributed by atoms with van der Waals surface area (Å²) in [6.45, 7) is 5.50. The summed E-state index contributed by atoms with van der Waals surface area (Å²) < 4.78 is 1.45. The maximum absolute atomic E-state index is 13.2. The summed E-state index contributed by atoms with van der Waals surface area (Å²) in [4.78, 5) is 35.1. The lowest BCUT2D eigenvalue weighted by Crippen LogP contribution is -2.47. The zero-order valence-corrected chi connectivity index (χ0v) is 20.2. The fourth-order valence-corrected chi connectivity index (χ4v) is 5.01. The number of aryl methyl sites for hydroxylation is 1. The van der Waals surface area contributed by atoms with Gasteiger partial charge in [-0.3, -0.25) is 9.59 Å². The molecule has 1 amide bonds. The van der Waals surface area contributed by atoms with E-state index in [0.717, 1.165) is 34.7 Å². The minimum absolute atomic E-state index is 0.0480. The van der Waals surface area contributed by atoms with Gasteiger partial charge in [0.25, 0.3) is 5.56 Å². The highest BCUT2D eigenvalue weighted by Crippen LogP contribution is 2.23. The summed E-state index contributed by atoms with van der Waals surface area (Å²) in [5.41, 5.74) is 3.60. The Hall–Kier alpha value is -3.36. The van der Waals surface area contributed by atoms with Gasteiger partial charge in [0.15, 0.2) is 0 Å². The maximum atomic E-state index is 13.2. The third kappa shape index (κ3) is 4.64. The van der Waals surface area contributed by atoms with Crippen molar-refractivity contribution in [3.63, 3.8) is 0 Å². The van der Waals surface area contributed by atoms with Crippen LogP contribution in [0.25, 0.3) is 22.0 Å². The summed E-state index contributed by atoms with van der Waals surface area (Å²) in [6, 6.07) is 15.6. The SMILES string of the molecule is Cc1ccc(-c2csc(Cn3nc(CC(=O)N4CCN(C)CC4)c4ccccc4c3=O)n2)cc1. The molecule has 0 aliphatic carbocycles. The van der Waals surface area contributed by atoms with E-state index < -0.39 is 0 Å². The lowest BCUT2D eigenvalue weighted by Gasteiger charge is -2.32. The van der Waals surface area contributed by atoms with Crippen molar-refractivity contribution < 1.29 is 4.79 Å². The Morgan fingerprint density at radius 1 is 1.00 bits per heavy atom. The Balaban J connectivity index is 1.44. The second-order valence-electron chi connectivity index (χ2n) is 8.81. The van der Waals surface area contributed by atoms with E-state index in [0.29, 0.717) is 24.2 Å². The first-order valence-electron chi connectivity index (χ1n) is 11.4. The second-order valence-corrected chi connectivity index (χ2v) is 9.75. The normalized spacial score (nSPS) is 14.6. The van der Waals surface area contributed by atoms with Gasteiger partial charge in [-0.15, -0.1) is 11.3 Å². The van der Waals surface area contributed by atoms with Gasteiger partial charge in [-0.1, -0.05) is 48.0 Å². The fourth-order valence-electron chi connectivity index (χ4n) is 4.22. The van der Waals surface area contributed by atoms with Crippen LogP contribution in [0.1, 0.15) is 16.3 Å². The second kappa shape index (κ2) is 9.48. The molecule has 5 rings (SSSR count). The molecule has 0 unspecified atom stereocenters. The van der Waals surface area contributed by atoms with Crippen molar-refractivity contribution in [3.8, 4) is 11.3 Å². The summed E-state index contributed by atoms with van der Waals surface area (Å²) in [7, 11) is 2.07. The first kappa shape index (κ1) is 22.4. The average Bonchev–Trinajstić information content (AvgIpc) is 3.31. The van der Waals surface area contributed by atoms with Crippen molar-refractivity contribution in [2.24, 2.45) is 0 Å². The number of likely N-dealkylation sites (N-methyl/N-ethyl adjacent to an activating group) is 1. The summed E-state index contributed by atoms with van der Waals surface area (Å²) in [5, 5.41) is 8.78. The minimum atomic E-state index is -0.168. The number of hydrogen-bond donors (Lipinski definition) is 0. The van der Waals surface area contributed by atoms with E-state index in [-0.39, 0.29) is 24.4 Å². The van der Waals surface area contributed by atoms with Gasteiger partial charge in [-0.05, 0) is 20.0 Å². The Kier molecular flexibility index (Phi) is 6.26. The number of carbonyl (C=O) groups is 1. The lowest BCUT2D eigenvalue weighted by atomic mass is 10.1. The minimum Gasteiger partial charge on any atom is -0.340 e. The highest BCUT2D eigenvalue weighted by molar-refractivity contribution is 7.09. The molecule has 174 valence electrons.